The molecule has 3 fully saturated rings. The van der Waals surface area contributed by atoms with E-state index in [1.807, 2.05) is 4.90 Å². The lowest BCUT2D eigenvalue weighted by molar-refractivity contribution is -0.117. The maximum absolute atomic E-state index is 12.9. The van der Waals surface area contributed by atoms with Crippen LogP contribution in [0.25, 0.3) is 0 Å². The van der Waals surface area contributed by atoms with E-state index in [0.717, 1.165) is 12.8 Å². The molecule has 1 unspecified atom stereocenters. The Morgan fingerprint density at radius 2 is 2.09 bits per heavy atom. The topological polar surface area (TPSA) is 71.5 Å². The largest absolute Gasteiger partial charge is 0.377 e. The molecule has 1 N–H and O–H groups in total. The van der Waals surface area contributed by atoms with Crippen LogP contribution in [0.2, 0.25) is 0 Å². The number of carbonyl (C=O) groups is 2. The zero-order chi connectivity index (χ0) is 15.8. The highest BCUT2D eigenvalue weighted by Crippen LogP contribution is 2.37. The number of morpholine rings is 1. The number of nitrogens with zero attached hydrogens (tertiary/aromatic N) is 2. The molecule has 0 spiro atoms. The van der Waals surface area contributed by atoms with E-state index in [1.54, 1.807) is 18.3 Å². The summed E-state index contributed by atoms with van der Waals surface area (Å²) in [4.78, 5) is 30.8. The third-order valence-corrected chi connectivity index (χ3v) is 4.80. The van der Waals surface area contributed by atoms with Crippen LogP contribution in [-0.4, -0.2) is 47.5 Å². The van der Waals surface area contributed by atoms with Gasteiger partial charge >= 0.3 is 0 Å². The van der Waals surface area contributed by atoms with Crippen molar-refractivity contribution in [3.63, 3.8) is 0 Å². The molecule has 2 amide bonds. The number of hydrogen-bond acceptors (Lipinski definition) is 4. The number of aromatic nitrogens is 1. The van der Waals surface area contributed by atoms with Crippen LogP contribution in [0.3, 0.4) is 0 Å². The van der Waals surface area contributed by atoms with Crippen molar-refractivity contribution in [2.75, 3.05) is 25.1 Å². The Morgan fingerprint density at radius 1 is 1.26 bits per heavy atom. The van der Waals surface area contributed by atoms with E-state index >= 15 is 0 Å². The van der Waals surface area contributed by atoms with Crippen molar-refractivity contribution in [3.05, 3.63) is 23.9 Å². The van der Waals surface area contributed by atoms with Gasteiger partial charge in [0.15, 0.2) is 0 Å². The van der Waals surface area contributed by atoms with Gasteiger partial charge in [-0.1, -0.05) is 0 Å². The third-order valence-electron chi connectivity index (χ3n) is 4.80. The van der Waals surface area contributed by atoms with Crippen molar-refractivity contribution in [1.29, 1.82) is 0 Å². The molecule has 0 bridgehead atoms. The van der Waals surface area contributed by atoms with Crippen molar-refractivity contribution in [2.24, 2.45) is 11.8 Å². The quantitative estimate of drug-likeness (QED) is 0.917. The molecule has 1 aromatic heterocycles. The lowest BCUT2D eigenvalue weighted by atomic mass is 10.1. The van der Waals surface area contributed by atoms with E-state index in [4.69, 9.17) is 4.74 Å². The zero-order valence-electron chi connectivity index (χ0n) is 13.0. The summed E-state index contributed by atoms with van der Waals surface area (Å²) in [6.45, 7) is 1.85. The molecule has 1 atom stereocenters. The first kappa shape index (κ1) is 14.6. The van der Waals surface area contributed by atoms with E-state index in [1.165, 1.54) is 12.8 Å². The molecule has 4 rings (SSSR count). The molecule has 1 aliphatic heterocycles. The van der Waals surface area contributed by atoms with Crippen LogP contribution < -0.4 is 5.32 Å². The highest BCUT2D eigenvalue weighted by molar-refractivity contribution is 5.97. The predicted octanol–water partition coefficient (Wildman–Crippen LogP) is 1.68. The number of ether oxygens (including phenoxy) is 1. The number of carbonyl (C=O) groups excluding carboxylic acids is 2. The summed E-state index contributed by atoms with van der Waals surface area (Å²) < 4.78 is 5.55. The van der Waals surface area contributed by atoms with Gasteiger partial charge < -0.3 is 15.0 Å². The second kappa shape index (κ2) is 5.92. The Hall–Kier alpha value is -1.95. The Labute approximate surface area is 135 Å². The lowest BCUT2D eigenvalue weighted by Crippen LogP contribution is -2.49. The highest BCUT2D eigenvalue weighted by Gasteiger charge is 2.39. The molecule has 6 nitrogen and oxygen atoms in total. The molecule has 23 heavy (non-hydrogen) atoms. The summed E-state index contributed by atoms with van der Waals surface area (Å²) in [7, 11) is 0. The van der Waals surface area contributed by atoms with Crippen molar-refractivity contribution in [3.8, 4) is 0 Å². The van der Waals surface area contributed by atoms with Crippen LogP contribution in [0.1, 0.15) is 36.0 Å². The number of amides is 2. The molecule has 1 saturated heterocycles. The number of nitrogens with one attached hydrogen (secondary N) is 1. The molecule has 2 saturated carbocycles. The van der Waals surface area contributed by atoms with E-state index in [9.17, 15) is 9.59 Å². The van der Waals surface area contributed by atoms with E-state index in [-0.39, 0.29) is 23.8 Å². The van der Waals surface area contributed by atoms with Crippen LogP contribution in [0.4, 0.5) is 5.82 Å². The minimum Gasteiger partial charge on any atom is -0.377 e. The molecule has 122 valence electrons. The van der Waals surface area contributed by atoms with Gasteiger partial charge in [0.1, 0.15) is 5.82 Å². The smallest absolute Gasteiger partial charge is 0.254 e. The van der Waals surface area contributed by atoms with Gasteiger partial charge in [0.25, 0.3) is 5.91 Å². The number of anilines is 1. The van der Waals surface area contributed by atoms with Crippen LogP contribution in [-0.2, 0) is 9.53 Å². The summed E-state index contributed by atoms with van der Waals surface area (Å²) in [5.74, 6) is 1.17. The van der Waals surface area contributed by atoms with Gasteiger partial charge in [-0.05, 0) is 43.7 Å². The van der Waals surface area contributed by atoms with Gasteiger partial charge in [0.2, 0.25) is 5.91 Å². The summed E-state index contributed by atoms with van der Waals surface area (Å²) in [6, 6.07) is 3.59. The fraction of sp³-hybridized carbons (Fsp3) is 0.588. The molecule has 2 heterocycles. The maximum Gasteiger partial charge on any atom is 0.254 e. The van der Waals surface area contributed by atoms with Gasteiger partial charge in [-0.3, -0.25) is 9.59 Å². The number of pyridine rings is 1. The second-order valence-electron chi connectivity index (χ2n) is 6.67. The maximum atomic E-state index is 12.9. The van der Waals surface area contributed by atoms with Crippen molar-refractivity contribution in [1.82, 2.24) is 9.88 Å². The fourth-order valence-electron chi connectivity index (χ4n) is 3.12. The lowest BCUT2D eigenvalue weighted by Gasteiger charge is -2.36. The Bertz CT molecular complexity index is 625. The molecule has 2 aliphatic carbocycles. The second-order valence-corrected chi connectivity index (χ2v) is 6.67. The Kier molecular flexibility index (Phi) is 3.77. The first-order chi connectivity index (χ1) is 11.2. The van der Waals surface area contributed by atoms with Gasteiger partial charge in [-0.2, -0.15) is 0 Å². The molecule has 0 aromatic carbocycles. The van der Waals surface area contributed by atoms with Crippen LogP contribution >= 0.6 is 0 Å². The van der Waals surface area contributed by atoms with Crippen LogP contribution in [0.5, 0.6) is 0 Å². The SMILES string of the molecule is O=C(Nc1cc(C(=O)N2CCOCC2C2CC2)ccn1)C1CC1. The van der Waals surface area contributed by atoms with Gasteiger partial charge in [0.05, 0.1) is 19.3 Å². The summed E-state index contributed by atoms with van der Waals surface area (Å²) in [6.07, 6.45) is 5.83. The number of hydrogen-bond donors (Lipinski definition) is 1. The van der Waals surface area contributed by atoms with Crippen LogP contribution in [0.15, 0.2) is 18.3 Å². The standard InChI is InChI=1S/C17H21N3O3/c21-16(12-3-4-12)19-15-9-13(5-6-18-15)17(22)20-7-8-23-10-14(20)11-1-2-11/h5-6,9,11-12,14H,1-4,7-8,10H2,(H,18,19,21). The third kappa shape index (κ3) is 3.22. The first-order valence-corrected chi connectivity index (χ1v) is 8.38. The normalized spacial score (nSPS) is 24.3. The van der Waals surface area contributed by atoms with E-state index in [0.29, 0.717) is 37.1 Å². The molecular weight excluding hydrogens is 294 g/mol. The van der Waals surface area contributed by atoms with Crippen LogP contribution in [0, 0.1) is 11.8 Å². The fourth-order valence-corrected chi connectivity index (χ4v) is 3.12. The first-order valence-electron chi connectivity index (χ1n) is 8.38. The molecule has 1 aromatic rings. The number of rotatable bonds is 4. The monoisotopic (exact) mass is 315 g/mol. The van der Waals surface area contributed by atoms with Crippen molar-refractivity contribution < 1.29 is 14.3 Å². The summed E-state index contributed by atoms with van der Waals surface area (Å²) in [5, 5.41) is 2.80. The zero-order valence-corrected chi connectivity index (χ0v) is 13.0. The average molecular weight is 315 g/mol. The van der Waals surface area contributed by atoms with Crippen molar-refractivity contribution >= 4 is 17.6 Å². The van der Waals surface area contributed by atoms with Gasteiger partial charge in [-0.25, -0.2) is 4.98 Å². The molecular formula is C17H21N3O3. The Morgan fingerprint density at radius 3 is 2.83 bits per heavy atom. The Balaban J connectivity index is 1.49. The molecule has 3 aliphatic rings. The minimum atomic E-state index is 0.00401. The van der Waals surface area contributed by atoms with E-state index < -0.39 is 0 Å². The highest BCUT2D eigenvalue weighted by atomic mass is 16.5. The summed E-state index contributed by atoms with van der Waals surface area (Å²) in [5.41, 5.74) is 0.582. The van der Waals surface area contributed by atoms with Crippen molar-refractivity contribution in [2.45, 2.75) is 31.7 Å². The minimum absolute atomic E-state index is 0.00401. The average Bonchev–Trinajstić information content (AvgIpc) is 3.47. The van der Waals surface area contributed by atoms with Gasteiger partial charge in [0, 0.05) is 24.2 Å². The van der Waals surface area contributed by atoms with Gasteiger partial charge in [-0.15, -0.1) is 0 Å². The van der Waals surface area contributed by atoms with E-state index in [2.05, 4.69) is 10.3 Å². The molecule has 6 heteroatoms. The summed E-state index contributed by atoms with van der Waals surface area (Å²) >= 11 is 0. The molecule has 0 radical (unpaired) electrons. The predicted molar refractivity (Wildman–Crippen MR) is 84.0 cm³/mol.